The highest BCUT2D eigenvalue weighted by atomic mass is 16.7. The second-order valence-electron chi connectivity index (χ2n) is 11.9. The lowest BCUT2D eigenvalue weighted by Crippen LogP contribution is -2.70. The molecule has 5 nitrogen and oxygen atoms in total. The summed E-state index contributed by atoms with van der Waals surface area (Å²) >= 11 is 0. The number of amides is 2. The Bertz CT molecular complexity index is 595. The normalized spacial score (nSPS) is 22.8. The van der Waals surface area contributed by atoms with Gasteiger partial charge >= 0.3 is 11.8 Å². The molecule has 0 radical (unpaired) electrons. The van der Waals surface area contributed by atoms with Gasteiger partial charge in [-0.3, -0.25) is 4.84 Å². The third kappa shape index (κ3) is 7.11. The molecule has 2 aliphatic rings. The summed E-state index contributed by atoms with van der Waals surface area (Å²) in [5.74, 6) is 0.325. The summed E-state index contributed by atoms with van der Waals surface area (Å²) in [6.45, 7) is 14.6. The summed E-state index contributed by atoms with van der Waals surface area (Å²) in [6, 6.07) is 0.0533. The maximum atomic E-state index is 13.3. The fourth-order valence-electron chi connectivity index (χ4n) is 6.49. The van der Waals surface area contributed by atoms with Crippen LogP contribution in [0.5, 0.6) is 0 Å². The highest BCUT2D eigenvalue weighted by Crippen LogP contribution is 2.45. The molecule has 0 aromatic heterocycles. The predicted molar refractivity (Wildman–Crippen MR) is 135 cm³/mol. The van der Waals surface area contributed by atoms with Gasteiger partial charge in [0.2, 0.25) is 0 Å². The van der Waals surface area contributed by atoms with Gasteiger partial charge in [0.15, 0.2) is 0 Å². The zero-order chi connectivity index (χ0) is 24.5. The van der Waals surface area contributed by atoms with Gasteiger partial charge < -0.3 is 0 Å². The van der Waals surface area contributed by atoms with Crippen LogP contribution in [-0.2, 0) is 14.4 Å². The number of rotatable bonds is 15. The van der Waals surface area contributed by atoms with E-state index in [1.54, 1.807) is 0 Å². The molecular weight excluding hydrogens is 412 g/mol. The minimum absolute atomic E-state index is 0.0533. The monoisotopic (exact) mass is 465 g/mol. The number of quaternary nitrogens is 1. The summed E-state index contributed by atoms with van der Waals surface area (Å²) in [4.78, 5) is 32.7. The Morgan fingerprint density at radius 1 is 0.758 bits per heavy atom. The van der Waals surface area contributed by atoms with Gasteiger partial charge in [0.1, 0.15) is 6.04 Å². The van der Waals surface area contributed by atoms with Gasteiger partial charge in [-0.2, -0.15) is 9.55 Å². The topological polar surface area (TPSA) is 46.6 Å². The van der Waals surface area contributed by atoms with E-state index in [4.69, 9.17) is 4.84 Å². The van der Waals surface area contributed by atoms with Gasteiger partial charge in [-0.1, -0.05) is 65.2 Å². The van der Waals surface area contributed by atoms with Crippen molar-refractivity contribution in [3.05, 3.63) is 0 Å². The quantitative estimate of drug-likeness (QED) is 0.149. The van der Waals surface area contributed by atoms with Gasteiger partial charge in [-0.25, -0.2) is 9.59 Å². The molecule has 192 valence electrons. The van der Waals surface area contributed by atoms with Gasteiger partial charge in [0.05, 0.1) is 26.0 Å². The highest BCUT2D eigenvalue weighted by molar-refractivity contribution is 5.92. The van der Waals surface area contributed by atoms with Crippen molar-refractivity contribution in [2.45, 2.75) is 155 Å². The Kier molecular flexibility index (Phi) is 11.0. The lowest BCUT2D eigenvalue weighted by Gasteiger charge is -2.55. The van der Waals surface area contributed by atoms with Crippen LogP contribution in [0.1, 0.15) is 138 Å². The third-order valence-corrected chi connectivity index (χ3v) is 7.92. The first-order valence-corrected chi connectivity index (χ1v) is 14.0. The zero-order valence-corrected chi connectivity index (χ0v) is 22.7. The Balaban J connectivity index is 1.98. The fourth-order valence-corrected chi connectivity index (χ4v) is 6.49. The van der Waals surface area contributed by atoms with E-state index >= 15 is 0 Å². The number of likely N-dealkylation sites (tertiary alicyclic amines) is 1. The smallest absolute Gasteiger partial charge is 0.298 e. The van der Waals surface area contributed by atoms with Crippen molar-refractivity contribution in [1.29, 1.82) is 0 Å². The molecule has 0 unspecified atom stereocenters. The molecule has 0 atom stereocenters. The summed E-state index contributed by atoms with van der Waals surface area (Å²) in [5, 5.41) is 2.15. The summed E-state index contributed by atoms with van der Waals surface area (Å²) in [5.41, 5.74) is -0.429. The van der Waals surface area contributed by atoms with Gasteiger partial charge in [0.25, 0.3) is 0 Å². The van der Waals surface area contributed by atoms with E-state index in [2.05, 4.69) is 46.6 Å². The predicted octanol–water partition coefficient (Wildman–Crippen LogP) is 6.93. The van der Waals surface area contributed by atoms with Crippen molar-refractivity contribution in [3.63, 3.8) is 0 Å². The molecule has 2 heterocycles. The Morgan fingerprint density at radius 2 is 1.21 bits per heavy atom. The molecule has 0 aliphatic carbocycles. The van der Waals surface area contributed by atoms with E-state index in [0.717, 1.165) is 32.1 Å². The van der Waals surface area contributed by atoms with E-state index < -0.39 is 0 Å². The van der Waals surface area contributed by atoms with Crippen LogP contribution in [0.15, 0.2) is 0 Å². The largest absolute Gasteiger partial charge is 0.322 e. The highest BCUT2D eigenvalue weighted by Gasteiger charge is 2.60. The number of hydroxylamine groups is 2. The van der Waals surface area contributed by atoms with Crippen LogP contribution in [0.2, 0.25) is 0 Å². The van der Waals surface area contributed by atoms with Crippen molar-refractivity contribution < 1.29 is 18.9 Å². The molecule has 5 heteroatoms. The zero-order valence-electron chi connectivity index (χ0n) is 22.7. The Morgan fingerprint density at radius 3 is 1.67 bits per heavy atom. The summed E-state index contributed by atoms with van der Waals surface area (Å²) in [6.07, 6.45) is 16.1. The number of piperidine rings is 1. The number of nitrogens with zero attached hydrogens (tertiary/aromatic N) is 2. The van der Waals surface area contributed by atoms with Crippen molar-refractivity contribution in [1.82, 2.24) is 5.06 Å². The van der Waals surface area contributed by atoms with Crippen LogP contribution in [0, 0.1) is 0 Å². The first-order chi connectivity index (χ1) is 15.6. The van der Waals surface area contributed by atoms with Crippen LogP contribution >= 0.6 is 0 Å². The van der Waals surface area contributed by atoms with Gasteiger partial charge in [-0.15, -0.1) is 0 Å². The molecule has 0 spiro atoms. The van der Waals surface area contributed by atoms with E-state index in [-0.39, 0.29) is 33.4 Å². The van der Waals surface area contributed by atoms with Crippen LogP contribution < -0.4 is 0 Å². The lowest BCUT2D eigenvalue weighted by molar-refractivity contribution is -0.806. The second-order valence-corrected chi connectivity index (χ2v) is 11.9. The summed E-state index contributed by atoms with van der Waals surface area (Å²) in [7, 11) is 0. The molecular formula is C28H53N2O3+. The average Bonchev–Trinajstić information content (AvgIpc) is 3.02. The molecule has 2 fully saturated rings. The number of hydrogen-bond donors (Lipinski definition) is 0. The molecule has 2 saturated heterocycles. The fraction of sp³-hybridized carbons (Fsp3) is 0.929. The molecule has 0 N–H and O–H groups in total. The number of carbonyl (C=O) groups is 2. The first-order valence-electron chi connectivity index (χ1n) is 14.0. The minimum atomic E-state index is -0.215. The standard InChI is InChI=1S/C28H53N2O3/c1-7-9-10-11-12-13-14-15-16-17-20-30(25(31)18-19-26(30)32)24-22-27(3,4)29(33-21-8-2)28(5,6)23-24/h24H,7-23H2,1-6H3/q+1. The van der Waals surface area contributed by atoms with Crippen LogP contribution in [0.4, 0.5) is 0 Å². The van der Waals surface area contributed by atoms with Crippen molar-refractivity contribution in [2.24, 2.45) is 0 Å². The van der Waals surface area contributed by atoms with Crippen LogP contribution in [-0.4, -0.2) is 51.6 Å². The van der Waals surface area contributed by atoms with E-state index in [9.17, 15) is 9.59 Å². The van der Waals surface area contributed by atoms with Crippen molar-refractivity contribution >= 4 is 11.8 Å². The molecule has 0 aromatic rings. The molecule has 33 heavy (non-hydrogen) atoms. The lowest BCUT2D eigenvalue weighted by atomic mass is 9.77. The number of hydrogen-bond acceptors (Lipinski definition) is 4. The molecule has 2 amide bonds. The van der Waals surface area contributed by atoms with E-state index in [1.165, 1.54) is 51.4 Å². The van der Waals surface area contributed by atoms with Crippen molar-refractivity contribution in [2.75, 3.05) is 13.2 Å². The molecule has 2 rings (SSSR count). The number of carbonyl (C=O) groups excluding carboxylic acids is 2. The summed E-state index contributed by atoms with van der Waals surface area (Å²) < 4.78 is 0.103. The number of imide groups is 1. The van der Waals surface area contributed by atoms with Crippen LogP contribution in [0.25, 0.3) is 0 Å². The number of unbranched alkanes of at least 4 members (excludes halogenated alkanes) is 9. The third-order valence-electron chi connectivity index (χ3n) is 7.92. The minimum Gasteiger partial charge on any atom is -0.298 e. The van der Waals surface area contributed by atoms with Gasteiger partial charge in [-0.05, 0) is 47.0 Å². The first kappa shape index (κ1) is 28.5. The molecule has 0 saturated carbocycles. The van der Waals surface area contributed by atoms with Gasteiger partial charge in [0, 0.05) is 23.9 Å². The maximum Gasteiger partial charge on any atom is 0.322 e. The molecule has 0 bridgehead atoms. The molecule has 2 aliphatic heterocycles. The SMILES string of the molecule is CCCCCCCCCCCC[N+]1(C2CC(C)(C)N(OCCC)C(C)(C)C2)C(=O)CCC1=O. The Hall–Kier alpha value is -0.780. The van der Waals surface area contributed by atoms with Crippen LogP contribution in [0.3, 0.4) is 0 Å². The molecule has 0 aromatic carbocycles. The Labute approximate surface area is 204 Å². The maximum absolute atomic E-state index is 13.3. The second kappa shape index (κ2) is 12.8. The van der Waals surface area contributed by atoms with E-state index in [0.29, 0.717) is 26.0 Å². The average molecular weight is 466 g/mol. The van der Waals surface area contributed by atoms with E-state index in [1.807, 2.05) is 0 Å². The van der Waals surface area contributed by atoms with Crippen molar-refractivity contribution in [3.8, 4) is 0 Å².